The van der Waals surface area contributed by atoms with Crippen LogP contribution in [0.1, 0.15) is 48.2 Å². The molecule has 1 heterocycles. The first-order valence-electron chi connectivity index (χ1n) is 10.6. The third-order valence-electron chi connectivity index (χ3n) is 6.02. The van der Waals surface area contributed by atoms with Crippen LogP contribution in [-0.4, -0.2) is 31.4 Å². The number of fused-ring (bicyclic) bond motifs is 1. The van der Waals surface area contributed by atoms with Gasteiger partial charge in [-0.15, -0.1) is 0 Å². The van der Waals surface area contributed by atoms with Crippen molar-refractivity contribution in [1.29, 1.82) is 0 Å². The Morgan fingerprint density at radius 1 is 1.10 bits per heavy atom. The lowest BCUT2D eigenvalue weighted by molar-refractivity contribution is -0.119. The van der Waals surface area contributed by atoms with Crippen LogP contribution in [0.25, 0.3) is 0 Å². The molecule has 1 fully saturated rings. The molecule has 1 aliphatic heterocycles. The summed E-state index contributed by atoms with van der Waals surface area (Å²) in [6.07, 6.45) is 2.83. The van der Waals surface area contributed by atoms with E-state index in [2.05, 4.69) is 36.2 Å². The van der Waals surface area contributed by atoms with Gasteiger partial charge in [0.2, 0.25) is 5.91 Å². The standard InChI is InChI=1S/C24H29N3O2/c1-4-26(5-2)20-9-10-21(16(3)14-20)25-23(28)19-8-11-22-18(15-19)12-13-27(22)24(29)17-6-7-17/h8-11,14-15,17H,4-7,12-13H2,1-3H3,(H,25,28). The molecule has 29 heavy (non-hydrogen) atoms. The minimum Gasteiger partial charge on any atom is -0.372 e. The summed E-state index contributed by atoms with van der Waals surface area (Å²) in [5.41, 5.74) is 5.74. The van der Waals surface area contributed by atoms with Gasteiger partial charge in [0.1, 0.15) is 0 Å². The van der Waals surface area contributed by atoms with Crippen molar-refractivity contribution in [3.05, 3.63) is 53.1 Å². The number of benzene rings is 2. The third kappa shape index (κ3) is 3.86. The maximum atomic E-state index is 12.8. The van der Waals surface area contributed by atoms with Crippen molar-refractivity contribution >= 4 is 28.9 Å². The predicted octanol–water partition coefficient (Wildman–Crippen LogP) is 4.39. The molecule has 0 saturated heterocycles. The van der Waals surface area contributed by atoms with Crippen LogP contribution < -0.4 is 15.1 Å². The number of carbonyl (C=O) groups excluding carboxylic acids is 2. The number of hydrogen-bond acceptors (Lipinski definition) is 3. The molecule has 2 aromatic carbocycles. The quantitative estimate of drug-likeness (QED) is 0.794. The summed E-state index contributed by atoms with van der Waals surface area (Å²) in [5, 5.41) is 3.04. The smallest absolute Gasteiger partial charge is 0.255 e. The van der Waals surface area contributed by atoms with Crippen LogP contribution in [0.4, 0.5) is 17.1 Å². The predicted molar refractivity (Wildman–Crippen MR) is 118 cm³/mol. The van der Waals surface area contributed by atoms with Crippen LogP contribution in [0, 0.1) is 12.8 Å². The molecule has 1 N–H and O–H groups in total. The van der Waals surface area contributed by atoms with Crippen LogP contribution >= 0.6 is 0 Å². The molecule has 0 bridgehead atoms. The molecule has 0 atom stereocenters. The summed E-state index contributed by atoms with van der Waals surface area (Å²) in [6.45, 7) is 8.94. The van der Waals surface area contributed by atoms with Gasteiger partial charge in [-0.1, -0.05) is 0 Å². The molecule has 5 heteroatoms. The molecule has 2 amide bonds. The molecule has 152 valence electrons. The Balaban J connectivity index is 1.49. The Hall–Kier alpha value is -2.82. The molecule has 0 aromatic heterocycles. The summed E-state index contributed by atoms with van der Waals surface area (Å²) in [4.78, 5) is 29.4. The van der Waals surface area contributed by atoms with Gasteiger partial charge in [0.25, 0.3) is 5.91 Å². The zero-order valence-corrected chi connectivity index (χ0v) is 17.5. The topological polar surface area (TPSA) is 52.7 Å². The van der Waals surface area contributed by atoms with E-state index in [9.17, 15) is 9.59 Å². The van der Waals surface area contributed by atoms with Gasteiger partial charge in [-0.2, -0.15) is 0 Å². The lowest BCUT2D eigenvalue weighted by Crippen LogP contribution is -2.30. The number of carbonyl (C=O) groups is 2. The van der Waals surface area contributed by atoms with Crippen molar-refractivity contribution in [2.45, 2.75) is 40.0 Å². The minimum atomic E-state index is -0.113. The van der Waals surface area contributed by atoms with Gasteiger partial charge in [-0.05, 0) is 87.6 Å². The molecule has 1 saturated carbocycles. The summed E-state index contributed by atoms with van der Waals surface area (Å²) < 4.78 is 0. The molecular weight excluding hydrogens is 362 g/mol. The molecule has 4 rings (SSSR count). The van der Waals surface area contributed by atoms with Crippen molar-refractivity contribution < 1.29 is 9.59 Å². The van der Waals surface area contributed by atoms with E-state index in [-0.39, 0.29) is 17.7 Å². The Bertz CT molecular complexity index is 945. The lowest BCUT2D eigenvalue weighted by Gasteiger charge is -2.22. The van der Waals surface area contributed by atoms with Gasteiger partial charge in [-0.3, -0.25) is 9.59 Å². The molecule has 2 aliphatic rings. The van der Waals surface area contributed by atoms with E-state index < -0.39 is 0 Å². The minimum absolute atomic E-state index is 0.113. The van der Waals surface area contributed by atoms with E-state index in [1.807, 2.05) is 36.1 Å². The second-order valence-electron chi connectivity index (χ2n) is 7.98. The Kier molecular flexibility index (Phi) is 5.31. The zero-order chi connectivity index (χ0) is 20.5. The van der Waals surface area contributed by atoms with E-state index >= 15 is 0 Å². The number of rotatable bonds is 6. The fourth-order valence-corrected chi connectivity index (χ4v) is 4.09. The molecule has 0 spiro atoms. The summed E-state index contributed by atoms with van der Waals surface area (Å²) in [7, 11) is 0. The molecule has 5 nitrogen and oxygen atoms in total. The highest BCUT2D eigenvalue weighted by molar-refractivity contribution is 6.06. The fourth-order valence-electron chi connectivity index (χ4n) is 4.09. The number of aryl methyl sites for hydroxylation is 1. The highest BCUT2D eigenvalue weighted by Gasteiger charge is 2.36. The second kappa shape index (κ2) is 7.90. The van der Waals surface area contributed by atoms with E-state index in [0.717, 1.165) is 61.4 Å². The van der Waals surface area contributed by atoms with Crippen molar-refractivity contribution in [3.63, 3.8) is 0 Å². The number of nitrogens with one attached hydrogen (secondary N) is 1. The summed E-state index contributed by atoms with van der Waals surface area (Å²) in [6, 6.07) is 11.8. The lowest BCUT2D eigenvalue weighted by atomic mass is 10.1. The highest BCUT2D eigenvalue weighted by Crippen LogP contribution is 2.36. The molecule has 2 aromatic rings. The third-order valence-corrected chi connectivity index (χ3v) is 6.02. The van der Waals surface area contributed by atoms with Gasteiger partial charge >= 0.3 is 0 Å². The van der Waals surface area contributed by atoms with Crippen molar-refractivity contribution in [3.8, 4) is 0 Å². The number of hydrogen-bond donors (Lipinski definition) is 1. The van der Waals surface area contributed by atoms with Crippen molar-refractivity contribution in [2.24, 2.45) is 5.92 Å². The van der Waals surface area contributed by atoms with E-state index in [1.165, 1.54) is 5.69 Å². The van der Waals surface area contributed by atoms with Crippen LogP contribution in [0.5, 0.6) is 0 Å². The molecule has 1 aliphatic carbocycles. The highest BCUT2D eigenvalue weighted by atomic mass is 16.2. The van der Waals surface area contributed by atoms with Crippen LogP contribution in [0.15, 0.2) is 36.4 Å². The zero-order valence-electron chi connectivity index (χ0n) is 17.5. The maximum Gasteiger partial charge on any atom is 0.255 e. The van der Waals surface area contributed by atoms with Gasteiger partial charge in [0.15, 0.2) is 0 Å². The van der Waals surface area contributed by atoms with E-state index in [0.29, 0.717) is 5.56 Å². The second-order valence-corrected chi connectivity index (χ2v) is 7.98. The normalized spacial score (nSPS) is 15.2. The van der Waals surface area contributed by atoms with E-state index in [1.54, 1.807) is 0 Å². The number of amides is 2. The van der Waals surface area contributed by atoms with Crippen LogP contribution in [0.2, 0.25) is 0 Å². The van der Waals surface area contributed by atoms with Crippen molar-refractivity contribution in [1.82, 2.24) is 0 Å². The van der Waals surface area contributed by atoms with Crippen molar-refractivity contribution in [2.75, 3.05) is 34.8 Å². The Morgan fingerprint density at radius 3 is 2.52 bits per heavy atom. The monoisotopic (exact) mass is 391 g/mol. The molecule has 0 unspecified atom stereocenters. The van der Waals surface area contributed by atoms with Crippen LogP contribution in [-0.2, 0) is 11.2 Å². The Morgan fingerprint density at radius 2 is 1.86 bits per heavy atom. The number of nitrogens with zero attached hydrogens (tertiary/aromatic N) is 2. The largest absolute Gasteiger partial charge is 0.372 e. The van der Waals surface area contributed by atoms with E-state index in [4.69, 9.17) is 0 Å². The maximum absolute atomic E-state index is 12.8. The molecular formula is C24H29N3O2. The van der Waals surface area contributed by atoms with Gasteiger partial charge in [0, 0.05) is 48.2 Å². The summed E-state index contributed by atoms with van der Waals surface area (Å²) >= 11 is 0. The van der Waals surface area contributed by atoms with Gasteiger partial charge < -0.3 is 15.1 Å². The van der Waals surface area contributed by atoms with Gasteiger partial charge in [-0.25, -0.2) is 0 Å². The fraction of sp³-hybridized carbons (Fsp3) is 0.417. The first-order chi connectivity index (χ1) is 14.0. The Labute approximate surface area is 172 Å². The average molecular weight is 392 g/mol. The first-order valence-corrected chi connectivity index (χ1v) is 10.6. The summed E-state index contributed by atoms with van der Waals surface area (Å²) in [5.74, 6) is 0.342. The first kappa shape index (κ1) is 19.5. The van der Waals surface area contributed by atoms with Crippen LogP contribution in [0.3, 0.4) is 0 Å². The molecule has 0 radical (unpaired) electrons. The SMILES string of the molecule is CCN(CC)c1ccc(NC(=O)c2ccc3c(c2)CCN3C(=O)C2CC2)c(C)c1. The van der Waals surface area contributed by atoms with Gasteiger partial charge in [0.05, 0.1) is 0 Å². The number of anilines is 3. The average Bonchev–Trinajstić information content (AvgIpc) is 3.49.